The van der Waals surface area contributed by atoms with E-state index in [9.17, 15) is 4.79 Å². The molecule has 1 aliphatic rings. The molecule has 0 spiro atoms. The molecule has 0 saturated carbocycles. The Morgan fingerprint density at radius 1 is 1.00 bits per heavy atom. The van der Waals surface area contributed by atoms with Crippen LogP contribution in [0.1, 0.15) is 21.5 Å². The number of pyridine rings is 1. The SMILES string of the molecule is CN1CCN(Cc2ccc(CNC(=O)c3ccc4nc(Cl)ccc4c3)cc2)CC1. The Balaban J connectivity index is 1.32. The Kier molecular flexibility index (Phi) is 6.09. The molecule has 0 radical (unpaired) electrons. The minimum Gasteiger partial charge on any atom is -0.348 e. The maximum atomic E-state index is 12.5. The highest BCUT2D eigenvalue weighted by Gasteiger charge is 2.13. The standard InChI is InChI=1S/C23H25ClN4O/c1-27-10-12-28(13-11-27)16-18-4-2-17(3-5-18)15-25-23(29)20-6-8-21-19(14-20)7-9-22(24)26-21/h2-9,14H,10-13,15-16H2,1H3,(H,25,29). The van der Waals surface area contributed by atoms with Gasteiger partial charge in [-0.15, -0.1) is 0 Å². The molecular formula is C23H25ClN4O. The minimum absolute atomic E-state index is 0.0941. The molecule has 0 atom stereocenters. The van der Waals surface area contributed by atoms with Crippen LogP contribution in [0.4, 0.5) is 0 Å². The maximum Gasteiger partial charge on any atom is 0.251 e. The molecule has 150 valence electrons. The molecule has 6 heteroatoms. The van der Waals surface area contributed by atoms with E-state index in [1.807, 2.05) is 18.2 Å². The molecule has 3 aromatic rings. The second kappa shape index (κ2) is 8.91. The molecule has 2 aromatic carbocycles. The van der Waals surface area contributed by atoms with Crippen molar-refractivity contribution in [3.8, 4) is 0 Å². The average Bonchev–Trinajstić information content (AvgIpc) is 2.74. The summed E-state index contributed by atoms with van der Waals surface area (Å²) in [7, 11) is 2.17. The number of fused-ring (bicyclic) bond motifs is 1. The van der Waals surface area contributed by atoms with E-state index >= 15 is 0 Å². The molecule has 5 nitrogen and oxygen atoms in total. The maximum absolute atomic E-state index is 12.5. The fourth-order valence-electron chi connectivity index (χ4n) is 3.55. The zero-order valence-electron chi connectivity index (χ0n) is 16.6. The summed E-state index contributed by atoms with van der Waals surface area (Å²) in [6.45, 7) is 5.97. The summed E-state index contributed by atoms with van der Waals surface area (Å²) in [6, 6.07) is 17.6. The van der Waals surface area contributed by atoms with Crippen LogP contribution in [0, 0.1) is 0 Å². The van der Waals surface area contributed by atoms with E-state index in [4.69, 9.17) is 11.6 Å². The molecule has 29 heavy (non-hydrogen) atoms. The van der Waals surface area contributed by atoms with Crippen LogP contribution < -0.4 is 5.32 Å². The molecule has 1 aromatic heterocycles. The molecule has 1 aliphatic heterocycles. The van der Waals surface area contributed by atoms with Gasteiger partial charge in [-0.05, 0) is 48.5 Å². The summed E-state index contributed by atoms with van der Waals surface area (Å²) >= 11 is 5.92. The number of aromatic nitrogens is 1. The van der Waals surface area contributed by atoms with Crippen molar-refractivity contribution >= 4 is 28.4 Å². The van der Waals surface area contributed by atoms with Crippen molar-refractivity contribution in [3.63, 3.8) is 0 Å². The first-order valence-electron chi connectivity index (χ1n) is 9.90. The molecular weight excluding hydrogens is 384 g/mol. The first-order chi connectivity index (χ1) is 14.1. The second-order valence-corrected chi connectivity index (χ2v) is 8.01. The lowest BCUT2D eigenvalue weighted by Crippen LogP contribution is -2.43. The van der Waals surface area contributed by atoms with Crippen molar-refractivity contribution in [2.75, 3.05) is 33.2 Å². The number of carbonyl (C=O) groups is 1. The van der Waals surface area contributed by atoms with Crippen molar-refractivity contribution in [2.24, 2.45) is 0 Å². The van der Waals surface area contributed by atoms with Gasteiger partial charge in [0.05, 0.1) is 5.52 Å². The average molecular weight is 409 g/mol. The van der Waals surface area contributed by atoms with Gasteiger partial charge in [0, 0.05) is 50.2 Å². The monoisotopic (exact) mass is 408 g/mol. The number of carbonyl (C=O) groups excluding carboxylic acids is 1. The molecule has 0 aliphatic carbocycles. The lowest BCUT2D eigenvalue weighted by molar-refractivity contribution is 0.0951. The van der Waals surface area contributed by atoms with Gasteiger partial charge in [0.2, 0.25) is 0 Å². The predicted molar refractivity (Wildman–Crippen MR) is 117 cm³/mol. The number of hydrogen-bond acceptors (Lipinski definition) is 4. The lowest BCUT2D eigenvalue weighted by Gasteiger charge is -2.32. The number of nitrogens with one attached hydrogen (secondary N) is 1. The van der Waals surface area contributed by atoms with Crippen molar-refractivity contribution in [2.45, 2.75) is 13.1 Å². The third-order valence-corrected chi connectivity index (χ3v) is 5.61. The first kappa shape index (κ1) is 19.8. The highest BCUT2D eigenvalue weighted by Crippen LogP contribution is 2.17. The molecule has 1 N–H and O–H groups in total. The molecule has 1 saturated heterocycles. The van der Waals surface area contributed by atoms with Gasteiger partial charge in [-0.2, -0.15) is 0 Å². The summed E-state index contributed by atoms with van der Waals surface area (Å²) in [4.78, 5) is 21.6. The number of amides is 1. The number of rotatable bonds is 5. The fourth-order valence-corrected chi connectivity index (χ4v) is 3.71. The summed E-state index contributed by atoms with van der Waals surface area (Å²) in [5.41, 5.74) is 3.80. The van der Waals surface area contributed by atoms with Gasteiger partial charge in [0.15, 0.2) is 0 Å². The highest BCUT2D eigenvalue weighted by molar-refractivity contribution is 6.29. The zero-order chi connectivity index (χ0) is 20.2. The van der Waals surface area contributed by atoms with Crippen LogP contribution in [0.5, 0.6) is 0 Å². The number of benzene rings is 2. The van der Waals surface area contributed by atoms with E-state index in [-0.39, 0.29) is 5.91 Å². The van der Waals surface area contributed by atoms with Gasteiger partial charge < -0.3 is 10.2 Å². The number of hydrogen-bond donors (Lipinski definition) is 1. The van der Waals surface area contributed by atoms with E-state index in [0.717, 1.165) is 49.2 Å². The molecule has 0 unspecified atom stereocenters. The number of halogens is 1. The Hall–Kier alpha value is -2.47. The number of likely N-dealkylation sites (N-methyl/N-ethyl adjacent to an activating group) is 1. The van der Waals surface area contributed by atoms with Crippen molar-refractivity contribution in [3.05, 3.63) is 76.4 Å². The molecule has 4 rings (SSSR count). The van der Waals surface area contributed by atoms with E-state index in [1.165, 1.54) is 5.56 Å². The Labute approximate surface area is 176 Å². The Bertz CT molecular complexity index is 997. The fraction of sp³-hybridized carbons (Fsp3) is 0.304. The van der Waals surface area contributed by atoms with Crippen LogP contribution in [0.25, 0.3) is 10.9 Å². The predicted octanol–water partition coefficient (Wildman–Crippen LogP) is 3.57. The van der Waals surface area contributed by atoms with Crippen LogP contribution in [0.15, 0.2) is 54.6 Å². The molecule has 1 amide bonds. The van der Waals surface area contributed by atoms with Crippen molar-refractivity contribution in [1.82, 2.24) is 20.1 Å². The second-order valence-electron chi connectivity index (χ2n) is 7.62. The summed E-state index contributed by atoms with van der Waals surface area (Å²) < 4.78 is 0. The highest BCUT2D eigenvalue weighted by atomic mass is 35.5. The largest absolute Gasteiger partial charge is 0.348 e. The van der Waals surface area contributed by atoms with E-state index < -0.39 is 0 Å². The van der Waals surface area contributed by atoms with E-state index in [0.29, 0.717) is 17.3 Å². The third kappa shape index (κ3) is 5.12. The van der Waals surface area contributed by atoms with Gasteiger partial charge in [0.25, 0.3) is 5.91 Å². The van der Waals surface area contributed by atoms with Gasteiger partial charge in [-0.3, -0.25) is 9.69 Å². The summed E-state index contributed by atoms with van der Waals surface area (Å²) in [5.74, 6) is -0.0941. The van der Waals surface area contributed by atoms with Gasteiger partial charge in [0.1, 0.15) is 5.15 Å². The van der Waals surface area contributed by atoms with Crippen molar-refractivity contribution in [1.29, 1.82) is 0 Å². The van der Waals surface area contributed by atoms with Crippen LogP contribution in [0.2, 0.25) is 5.15 Å². The number of piperazine rings is 1. The van der Waals surface area contributed by atoms with Crippen molar-refractivity contribution < 1.29 is 4.79 Å². The van der Waals surface area contributed by atoms with Crippen LogP contribution in [-0.2, 0) is 13.1 Å². The Morgan fingerprint density at radius 3 is 2.48 bits per heavy atom. The molecule has 0 bridgehead atoms. The quantitative estimate of drug-likeness (QED) is 0.656. The van der Waals surface area contributed by atoms with Crippen LogP contribution in [0.3, 0.4) is 0 Å². The lowest BCUT2D eigenvalue weighted by atomic mass is 10.1. The third-order valence-electron chi connectivity index (χ3n) is 5.40. The minimum atomic E-state index is -0.0941. The molecule has 1 fully saturated rings. The first-order valence-corrected chi connectivity index (χ1v) is 10.3. The van der Waals surface area contributed by atoms with Gasteiger partial charge in [-0.1, -0.05) is 35.9 Å². The zero-order valence-corrected chi connectivity index (χ0v) is 17.3. The number of nitrogens with zero attached hydrogens (tertiary/aromatic N) is 3. The normalized spacial score (nSPS) is 15.5. The van der Waals surface area contributed by atoms with Gasteiger partial charge >= 0.3 is 0 Å². The Morgan fingerprint density at radius 2 is 1.72 bits per heavy atom. The van der Waals surface area contributed by atoms with Crippen LogP contribution in [-0.4, -0.2) is 53.9 Å². The smallest absolute Gasteiger partial charge is 0.251 e. The van der Waals surface area contributed by atoms with E-state index in [2.05, 4.69) is 51.4 Å². The summed E-state index contributed by atoms with van der Waals surface area (Å²) in [6.07, 6.45) is 0. The van der Waals surface area contributed by atoms with Crippen LogP contribution >= 0.6 is 11.6 Å². The summed E-state index contributed by atoms with van der Waals surface area (Å²) in [5, 5.41) is 4.34. The molecule has 2 heterocycles. The van der Waals surface area contributed by atoms with Gasteiger partial charge in [-0.25, -0.2) is 4.98 Å². The topological polar surface area (TPSA) is 48.5 Å². The van der Waals surface area contributed by atoms with E-state index in [1.54, 1.807) is 12.1 Å².